The van der Waals surface area contributed by atoms with Crippen LogP contribution in [-0.4, -0.2) is 38.9 Å². The molecule has 1 saturated heterocycles. The second-order valence-corrected chi connectivity index (χ2v) is 7.44. The topological polar surface area (TPSA) is 51.0 Å². The molecule has 132 valence electrons. The number of carbonyl (C=O) groups is 1. The first-order valence-corrected chi connectivity index (χ1v) is 9.54. The van der Waals surface area contributed by atoms with Gasteiger partial charge in [0.05, 0.1) is 12.2 Å². The van der Waals surface area contributed by atoms with E-state index < -0.39 is 0 Å². The summed E-state index contributed by atoms with van der Waals surface area (Å²) in [5, 5.41) is 8.62. The Kier molecular flexibility index (Phi) is 4.81. The van der Waals surface area contributed by atoms with E-state index >= 15 is 0 Å². The van der Waals surface area contributed by atoms with Gasteiger partial charge in [0.1, 0.15) is 5.69 Å². The van der Waals surface area contributed by atoms with E-state index in [1.807, 2.05) is 46.1 Å². The van der Waals surface area contributed by atoms with Crippen LogP contribution < -0.4 is 0 Å². The molecule has 1 saturated carbocycles. The van der Waals surface area contributed by atoms with Crippen LogP contribution in [0.4, 0.5) is 0 Å². The van der Waals surface area contributed by atoms with Crippen LogP contribution in [0.5, 0.6) is 0 Å². The predicted molar refractivity (Wildman–Crippen MR) is 96.9 cm³/mol. The zero-order valence-corrected chi connectivity index (χ0v) is 14.7. The predicted octanol–water partition coefficient (Wildman–Crippen LogP) is 3.69. The molecule has 2 heterocycles. The van der Waals surface area contributed by atoms with Crippen LogP contribution in [0, 0.1) is 5.92 Å². The first-order valence-electron chi connectivity index (χ1n) is 9.54. The molecule has 1 aliphatic carbocycles. The molecule has 2 aromatic rings. The molecule has 2 aliphatic rings. The molecule has 1 amide bonds. The Morgan fingerprint density at radius 1 is 1.08 bits per heavy atom. The van der Waals surface area contributed by atoms with E-state index in [0.717, 1.165) is 37.2 Å². The summed E-state index contributed by atoms with van der Waals surface area (Å²) in [6.45, 7) is 1.61. The number of carbonyl (C=O) groups excluding carboxylic acids is 1. The van der Waals surface area contributed by atoms with Crippen molar-refractivity contribution in [2.24, 2.45) is 5.92 Å². The van der Waals surface area contributed by atoms with Crippen LogP contribution in [0.1, 0.15) is 51.0 Å². The molecule has 5 nitrogen and oxygen atoms in total. The van der Waals surface area contributed by atoms with Gasteiger partial charge in [0.25, 0.3) is 0 Å². The van der Waals surface area contributed by atoms with E-state index in [1.165, 1.54) is 32.1 Å². The van der Waals surface area contributed by atoms with Gasteiger partial charge in [0.2, 0.25) is 5.91 Å². The summed E-state index contributed by atoms with van der Waals surface area (Å²) in [5.41, 5.74) is 1.98. The number of aromatic nitrogens is 3. The molecule has 1 aliphatic heterocycles. The molecule has 0 radical (unpaired) electrons. The summed E-state index contributed by atoms with van der Waals surface area (Å²) >= 11 is 0. The molecule has 5 heteroatoms. The number of amides is 1. The smallest absolute Gasteiger partial charge is 0.222 e. The monoisotopic (exact) mass is 338 g/mol. The van der Waals surface area contributed by atoms with Crippen molar-refractivity contribution in [2.75, 3.05) is 13.1 Å². The van der Waals surface area contributed by atoms with Crippen LogP contribution in [0.3, 0.4) is 0 Å². The Balaban J connectivity index is 1.36. The van der Waals surface area contributed by atoms with Gasteiger partial charge in [-0.05, 0) is 25.2 Å². The van der Waals surface area contributed by atoms with Crippen molar-refractivity contribution in [3.63, 3.8) is 0 Å². The highest BCUT2D eigenvalue weighted by atomic mass is 16.2. The summed E-state index contributed by atoms with van der Waals surface area (Å²) in [7, 11) is 0. The van der Waals surface area contributed by atoms with E-state index in [4.69, 9.17) is 0 Å². The average Bonchev–Trinajstić information content (AvgIpc) is 3.33. The van der Waals surface area contributed by atoms with Gasteiger partial charge in [-0.2, -0.15) is 0 Å². The fraction of sp³-hybridized carbons (Fsp3) is 0.550. The first-order chi connectivity index (χ1) is 12.3. The minimum atomic E-state index is 0.250. The number of benzene rings is 1. The van der Waals surface area contributed by atoms with Crippen molar-refractivity contribution < 1.29 is 4.79 Å². The number of hydrogen-bond acceptors (Lipinski definition) is 3. The Labute approximate surface area is 149 Å². The number of nitrogens with zero attached hydrogens (tertiary/aromatic N) is 4. The lowest BCUT2D eigenvalue weighted by atomic mass is 9.87. The third-order valence-corrected chi connectivity index (χ3v) is 5.66. The molecule has 1 aromatic heterocycles. The summed E-state index contributed by atoms with van der Waals surface area (Å²) in [6.07, 6.45) is 10.1. The van der Waals surface area contributed by atoms with Crippen molar-refractivity contribution in [3.05, 3.63) is 36.5 Å². The third kappa shape index (κ3) is 3.75. The molecule has 0 spiro atoms. The van der Waals surface area contributed by atoms with Crippen LogP contribution in [0.25, 0.3) is 11.3 Å². The minimum Gasteiger partial charge on any atom is -0.340 e. The number of likely N-dealkylation sites (tertiary alicyclic amines) is 1. The van der Waals surface area contributed by atoms with Gasteiger partial charge in [0.15, 0.2) is 0 Å². The van der Waals surface area contributed by atoms with E-state index in [1.54, 1.807) is 0 Å². The average molecular weight is 338 g/mol. The number of hydrogen-bond donors (Lipinski definition) is 0. The van der Waals surface area contributed by atoms with Crippen molar-refractivity contribution >= 4 is 5.91 Å². The van der Waals surface area contributed by atoms with Gasteiger partial charge in [-0.3, -0.25) is 4.79 Å². The van der Waals surface area contributed by atoms with E-state index in [2.05, 4.69) is 10.3 Å². The fourth-order valence-corrected chi connectivity index (χ4v) is 4.15. The lowest BCUT2D eigenvalue weighted by molar-refractivity contribution is -0.131. The van der Waals surface area contributed by atoms with Crippen molar-refractivity contribution in [1.29, 1.82) is 0 Å². The van der Waals surface area contributed by atoms with Gasteiger partial charge < -0.3 is 4.90 Å². The third-order valence-electron chi connectivity index (χ3n) is 5.66. The highest BCUT2D eigenvalue weighted by Gasteiger charge is 2.29. The molecule has 1 unspecified atom stereocenters. The van der Waals surface area contributed by atoms with Gasteiger partial charge in [-0.25, -0.2) is 4.68 Å². The molecule has 2 fully saturated rings. The second-order valence-electron chi connectivity index (χ2n) is 7.44. The highest BCUT2D eigenvalue weighted by molar-refractivity contribution is 5.76. The Hall–Kier alpha value is -2.17. The zero-order chi connectivity index (χ0) is 17.1. The molecular weight excluding hydrogens is 312 g/mol. The van der Waals surface area contributed by atoms with Gasteiger partial charge in [0, 0.05) is 25.1 Å². The largest absolute Gasteiger partial charge is 0.340 e. The maximum Gasteiger partial charge on any atom is 0.222 e. The molecule has 1 atom stereocenters. The van der Waals surface area contributed by atoms with Gasteiger partial charge >= 0.3 is 0 Å². The Morgan fingerprint density at radius 2 is 1.88 bits per heavy atom. The molecule has 1 aromatic carbocycles. The Morgan fingerprint density at radius 3 is 2.68 bits per heavy atom. The lowest BCUT2D eigenvalue weighted by Gasteiger charge is -2.24. The van der Waals surface area contributed by atoms with E-state index in [0.29, 0.717) is 11.8 Å². The van der Waals surface area contributed by atoms with Crippen molar-refractivity contribution in [1.82, 2.24) is 19.9 Å². The van der Waals surface area contributed by atoms with Gasteiger partial charge in [-0.15, -0.1) is 5.10 Å². The molecule has 0 bridgehead atoms. The SMILES string of the molecule is O=C(CC1CCCCC1)N1CCC(n2cc(-c3ccccc3)nn2)C1. The minimum absolute atomic E-state index is 0.250. The van der Waals surface area contributed by atoms with Crippen LogP contribution in [-0.2, 0) is 4.79 Å². The van der Waals surface area contributed by atoms with Crippen LogP contribution >= 0.6 is 0 Å². The van der Waals surface area contributed by atoms with E-state index in [9.17, 15) is 4.79 Å². The summed E-state index contributed by atoms with van der Waals surface area (Å²) in [6, 6.07) is 10.4. The molecular formula is C20H26N4O. The normalized spacial score (nSPS) is 21.6. The summed E-state index contributed by atoms with van der Waals surface area (Å²) in [5.74, 6) is 0.939. The van der Waals surface area contributed by atoms with Gasteiger partial charge in [-0.1, -0.05) is 54.8 Å². The molecule has 4 rings (SSSR count). The quantitative estimate of drug-likeness (QED) is 0.854. The molecule has 25 heavy (non-hydrogen) atoms. The zero-order valence-electron chi connectivity index (χ0n) is 14.7. The maximum atomic E-state index is 12.6. The maximum absolute atomic E-state index is 12.6. The van der Waals surface area contributed by atoms with E-state index in [-0.39, 0.29) is 6.04 Å². The standard InChI is InChI=1S/C20H26N4O/c25-20(13-16-7-3-1-4-8-16)23-12-11-18(14-23)24-15-19(21-22-24)17-9-5-2-6-10-17/h2,5-6,9-10,15-16,18H,1,3-4,7-8,11-14H2. The van der Waals surface area contributed by atoms with Crippen molar-refractivity contribution in [2.45, 2.75) is 51.0 Å². The van der Waals surface area contributed by atoms with Crippen molar-refractivity contribution in [3.8, 4) is 11.3 Å². The second kappa shape index (κ2) is 7.38. The van der Waals surface area contributed by atoms with Crippen LogP contribution in [0.15, 0.2) is 36.5 Å². The number of rotatable bonds is 4. The van der Waals surface area contributed by atoms with Crippen LogP contribution in [0.2, 0.25) is 0 Å². The molecule has 0 N–H and O–H groups in total. The summed E-state index contributed by atoms with van der Waals surface area (Å²) in [4.78, 5) is 14.6. The summed E-state index contributed by atoms with van der Waals surface area (Å²) < 4.78 is 1.94. The fourth-order valence-electron chi connectivity index (χ4n) is 4.15. The Bertz CT molecular complexity index is 705. The first kappa shape index (κ1) is 16.3. The highest BCUT2D eigenvalue weighted by Crippen LogP contribution is 2.29. The lowest BCUT2D eigenvalue weighted by Crippen LogP contribution is -2.31.